The van der Waals surface area contributed by atoms with E-state index in [1.54, 1.807) is 0 Å². The lowest BCUT2D eigenvalue weighted by Crippen LogP contribution is -2.37. The van der Waals surface area contributed by atoms with Crippen molar-refractivity contribution in [2.75, 3.05) is 0 Å². The van der Waals surface area contributed by atoms with Gasteiger partial charge in [-0.1, -0.05) is 79.1 Å². The smallest absolute Gasteiger partial charge is 0.310 e. The van der Waals surface area contributed by atoms with Crippen molar-refractivity contribution in [3.63, 3.8) is 0 Å². The molecule has 0 aromatic carbocycles. The van der Waals surface area contributed by atoms with Crippen molar-refractivity contribution in [2.45, 2.75) is 98.3 Å². The van der Waals surface area contributed by atoms with E-state index in [2.05, 4.69) is 27.7 Å². The number of hydrogen-bond donors (Lipinski definition) is 3. The van der Waals surface area contributed by atoms with Crippen LogP contribution >= 0.6 is 0 Å². The minimum atomic E-state index is -1.12. The molecule has 0 bridgehead atoms. The fourth-order valence-corrected chi connectivity index (χ4v) is 3.76. The normalized spacial score (nSPS) is 15.7. The van der Waals surface area contributed by atoms with Gasteiger partial charge >= 0.3 is 11.9 Å². The van der Waals surface area contributed by atoms with Crippen molar-refractivity contribution in [3.05, 3.63) is 0 Å². The summed E-state index contributed by atoms with van der Waals surface area (Å²) >= 11 is 0. The van der Waals surface area contributed by atoms with Crippen molar-refractivity contribution >= 4 is 11.9 Å². The van der Waals surface area contributed by atoms with E-state index in [0.717, 1.165) is 51.4 Å². The van der Waals surface area contributed by atoms with Crippen LogP contribution in [0.3, 0.4) is 0 Å². The molecule has 150 valence electrons. The quantitative estimate of drug-likeness (QED) is 0.337. The van der Waals surface area contributed by atoms with Crippen LogP contribution < -0.4 is 6.15 Å². The van der Waals surface area contributed by atoms with E-state index in [4.69, 9.17) is 0 Å². The Kier molecular flexibility index (Phi) is 14.7. The highest BCUT2D eigenvalue weighted by Crippen LogP contribution is 2.41. The maximum Gasteiger partial charge on any atom is 0.310 e. The van der Waals surface area contributed by atoms with Crippen molar-refractivity contribution in [2.24, 2.45) is 17.3 Å². The molecule has 0 aromatic heterocycles. The molecule has 0 aliphatic rings. The van der Waals surface area contributed by atoms with Crippen molar-refractivity contribution in [1.29, 1.82) is 0 Å². The van der Waals surface area contributed by atoms with Crippen LogP contribution in [0.1, 0.15) is 98.3 Å². The number of unbranched alkanes of at least 4 members (excludes halogenated alkanes) is 2. The number of carbonyl (C=O) groups is 2. The zero-order chi connectivity index (χ0) is 18.6. The van der Waals surface area contributed by atoms with E-state index in [9.17, 15) is 19.8 Å². The van der Waals surface area contributed by atoms with E-state index in [-0.39, 0.29) is 12.6 Å². The van der Waals surface area contributed by atoms with Crippen LogP contribution in [0, 0.1) is 17.3 Å². The molecular formula is C20H41NO4. The second kappa shape index (κ2) is 14.1. The first-order valence-corrected chi connectivity index (χ1v) is 9.80. The Morgan fingerprint density at radius 1 is 0.840 bits per heavy atom. The molecule has 0 rings (SSSR count). The van der Waals surface area contributed by atoms with Gasteiger partial charge in [0.05, 0.1) is 11.8 Å². The lowest BCUT2D eigenvalue weighted by Gasteiger charge is -2.34. The highest BCUT2D eigenvalue weighted by atomic mass is 16.4. The van der Waals surface area contributed by atoms with Crippen molar-refractivity contribution < 1.29 is 19.8 Å². The Balaban J connectivity index is 0. The zero-order valence-corrected chi connectivity index (χ0v) is 16.9. The first-order chi connectivity index (χ1) is 11.3. The molecule has 0 aromatic rings. The van der Waals surface area contributed by atoms with Gasteiger partial charge in [-0.15, -0.1) is 0 Å². The third-order valence-electron chi connectivity index (χ3n) is 5.39. The third kappa shape index (κ3) is 9.83. The van der Waals surface area contributed by atoms with Gasteiger partial charge in [0.2, 0.25) is 0 Å². The van der Waals surface area contributed by atoms with Crippen LogP contribution in [0.2, 0.25) is 0 Å². The largest absolute Gasteiger partial charge is 0.481 e. The van der Waals surface area contributed by atoms with Gasteiger partial charge in [-0.05, 0) is 24.7 Å². The van der Waals surface area contributed by atoms with Gasteiger partial charge in [-0.3, -0.25) is 9.59 Å². The molecule has 0 radical (unpaired) electrons. The van der Waals surface area contributed by atoms with Crippen LogP contribution in [0.25, 0.3) is 0 Å². The molecule has 0 fully saturated rings. The molecule has 5 nitrogen and oxygen atoms in total. The second-order valence-electron chi connectivity index (χ2n) is 7.40. The average molecular weight is 360 g/mol. The maximum atomic E-state index is 12.1. The monoisotopic (exact) mass is 359 g/mol. The molecule has 5 heteroatoms. The third-order valence-corrected chi connectivity index (χ3v) is 5.39. The lowest BCUT2D eigenvalue weighted by molar-refractivity contribution is -0.158. The molecule has 0 aliphatic carbocycles. The second-order valence-corrected chi connectivity index (χ2v) is 7.40. The van der Waals surface area contributed by atoms with Crippen molar-refractivity contribution in [3.8, 4) is 0 Å². The Morgan fingerprint density at radius 3 is 1.48 bits per heavy atom. The van der Waals surface area contributed by atoms with Crippen LogP contribution in [0.5, 0.6) is 0 Å². The number of aliphatic carboxylic acids is 2. The van der Waals surface area contributed by atoms with Crippen LogP contribution in [-0.2, 0) is 9.59 Å². The Hall–Kier alpha value is -1.10. The number of hydrogen-bond acceptors (Lipinski definition) is 3. The summed E-state index contributed by atoms with van der Waals surface area (Å²) in [5.74, 6) is -1.32. The van der Waals surface area contributed by atoms with Crippen molar-refractivity contribution in [1.82, 2.24) is 6.15 Å². The summed E-state index contributed by atoms with van der Waals surface area (Å²) < 4.78 is 0. The van der Waals surface area contributed by atoms with Gasteiger partial charge in [0.15, 0.2) is 0 Å². The zero-order valence-electron chi connectivity index (χ0n) is 16.9. The Bertz CT molecular complexity index is 353. The Labute approximate surface area is 154 Å². The van der Waals surface area contributed by atoms with E-state index in [0.29, 0.717) is 24.7 Å². The molecule has 0 aliphatic heterocycles. The Morgan fingerprint density at radius 2 is 1.24 bits per heavy atom. The molecule has 0 spiro atoms. The van der Waals surface area contributed by atoms with E-state index < -0.39 is 17.4 Å². The number of carboxylic acid groups (broad SMARTS) is 2. The fourth-order valence-electron chi connectivity index (χ4n) is 3.76. The highest BCUT2D eigenvalue weighted by Gasteiger charge is 2.43. The molecule has 2 atom stereocenters. The van der Waals surface area contributed by atoms with Gasteiger partial charge in [0.25, 0.3) is 0 Å². The summed E-state index contributed by atoms with van der Waals surface area (Å²) in [7, 11) is 0. The SMILES string of the molecule is CCCCC(CC)CC(CC(=O)O)(CC(CC)CCCC)C(=O)O.N. The first-order valence-electron chi connectivity index (χ1n) is 9.80. The highest BCUT2D eigenvalue weighted by molar-refractivity contribution is 5.81. The molecule has 0 heterocycles. The van der Waals surface area contributed by atoms with Crippen LogP contribution in [0.15, 0.2) is 0 Å². The minimum absolute atomic E-state index is 0. The van der Waals surface area contributed by atoms with Crippen LogP contribution in [-0.4, -0.2) is 22.2 Å². The van der Waals surface area contributed by atoms with Gasteiger partial charge in [0, 0.05) is 0 Å². The molecule has 2 unspecified atom stereocenters. The van der Waals surface area contributed by atoms with Crippen LogP contribution in [0.4, 0.5) is 0 Å². The maximum absolute atomic E-state index is 12.1. The molecule has 0 amide bonds. The number of rotatable bonds is 15. The van der Waals surface area contributed by atoms with E-state index in [1.165, 1.54) is 0 Å². The summed E-state index contributed by atoms with van der Waals surface area (Å²) in [5, 5.41) is 19.3. The van der Waals surface area contributed by atoms with E-state index >= 15 is 0 Å². The molecule has 0 saturated heterocycles. The summed E-state index contributed by atoms with van der Waals surface area (Å²) in [6.07, 6.45) is 8.88. The van der Waals surface area contributed by atoms with E-state index in [1.807, 2.05) is 0 Å². The van der Waals surface area contributed by atoms with Gasteiger partial charge in [-0.2, -0.15) is 0 Å². The predicted octanol–water partition coefficient (Wildman–Crippen LogP) is 5.91. The van der Waals surface area contributed by atoms with Gasteiger partial charge in [-0.25, -0.2) is 0 Å². The predicted molar refractivity (Wildman–Crippen MR) is 103 cm³/mol. The number of carboxylic acids is 2. The first kappa shape index (κ1) is 26.1. The standard InChI is InChI=1S/C20H38O4.H3N/c1-5-9-11-16(7-3)13-20(19(23)24,15-18(21)22)14-17(8-4)12-10-6-2;/h16-17H,5-15H2,1-4H3,(H,21,22)(H,23,24);1H3. The van der Waals surface area contributed by atoms with Gasteiger partial charge in [0.1, 0.15) is 0 Å². The van der Waals surface area contributed by atoms with Gasteiger partial charge < -0.3 is 16.4 Å². The minimum Gasteiger partial charge on any atom is -0.481 e. The summed E-state index contributed by atoms with van der Waals surface area (Å²) in [6.45, 7) is 8.43. The average Bonchev–Trinajstić information content (AvgIpc) is 2.54. The molecule has 5 N–H and O–H groups in total. The lowest BCUT2D eigenvalue weighted by atomic mass is 9.68. The summed E-state index contributed by atoms with van der Waals surface area (Å²) in [5.41, 5.74) is -1.12. The molecule has 0 saturated carbocycles. The fraction of sp³-hybridized carbons (Fsp3) is 0.900. The topological polar surface area (TPSA) is 110 Å². The summed E-state index contributed by atoms with van der Waals surface area (Å²) in [6, 6.07) is 0. The summed E-state index contributed by atoms with van der Waals surface area (Å²) in [4.78, 5) is 23.6. The molecule has 25 heavy (non-hydrogen) atoms. The molecular weight excluding hydrogens is 318 g/mol.